The molecule has 0 amide bonds. The molecule has 0 saturated carbocycles. The summed E-state index contributed by atoms with van der Waals surface area (Å²) in [5.41, 5.74) is 2.65. The summed E-state index contributed by atoms with van der Waals surface area (Å²) >= 11 is 0. The summed E-state index contributed by atoms with van der Waals surface area (Å²) in [6, 6.07) is 7.64. The quantitative estimate of drug-likeness (QED) is 0.900. The molecule has 110 valence electrons. The van der Waals surface area contributed by atoms with Crippen LogP contribution in [0.2, 0.25) is 0 Å². The normalized spacial score (nSPS) is 21.6. The van der Waals surface area contributed by atoms with Crippen molar-refractivity contribution in [3.8, 4) is 5.75 Å². The molecular weight excluding hydrogens is 266 g/mol. The average Bonchev–Trinajstić information content (AvgIpc) is 2.97. The lowest BCUT2D eigenvalue weighted by Crippen LogP contribution is -2.31. The van der Waals surface area contributed by atoms with Crippen molar-refractivity contribution in [3.63, 3.8) is 0 Å². The van der Waals surface area contributed by atoms with Gasteiger partial charge >= 0.3 is 0 Å². The standard InChI is InChI=1S/C16H19N3O2/c1-11-4-5-15(20)14(19-11)10-18-13-6-8-21-16(13)12-3-2-7-17-9-12/h2-5,7,9,13,16,18,20H,6,8,10H2,1H3/t13-,16+/m0/s1. The second-order valence-electron chi connectivity index (χ2n) is 5.27. The molecule has 2 aromatic rings. The molecule has 1 aliphatic rings. The molecule has 1 saturated heterocycles. The highest BCUT2D eigenvalue weighted by Crippen LogP contribution is 2.29. The molecule has 21 heavy (non-hydrogen) atoms. The van der Waals surface area contributed by atoms with Gasteiger partial charge in [0, 0.05) is 42.8 Å². The molecule has 1 aliphatic heterocycles. The third kappa shape index (κ3) is 3.20. The highest BCUT2D eigenvalue weighted by atomic mass is 16.5. The van der Waals surface area contributed by atoms with Crippen molar-refractivity contribution in [2.24, 2.45) is 0 Å². The molecule has 3 heterocycles. The molecule has 2 N–H and O–H groups in total. The molecule has 2 aromatic heterocycles. The van der Waals surface area contributed by atoms with Crippen molar-refractivity contribution in [1.29, 1.82) is 0 Å². The Morgan fingerprint density at radius 1 is 1.38 bits per heavy atom. The maximum Gasteiger partial charge on any atom is 0.138 e. The van der Waals surface area contributed by atoms with Crippen molar-refractivity contribution in [3.05, 3.63) is 53.6 Å². The van der Waals surface area contributed by atoms with Gasteiger partial charge in [0.05, 0.1) is 11.8 Å². The van der Waals surface area contributed by atoms with Crippen LogP contribution in [0.25, 0.3) is 0 Å². The van der Waals surface area contributed by atoms with E-state index in [1.54, 1.807) is 18.3 Å². The number of aromatic nitrogens is 2. The molecule has 0 bridgehead atoms. The van der Waals surface area contributed by atoms with E-state index < -0.39 is 0 Å². The van der Waals surface area contributed by atoms with Crippen LogP contribution in [0.4, 0.5) is 0 Å². The van der Waals surface area contributed by atoms with E-state index >= 15 is 0 Å². The Balaban J connectivity index is 1.68. The Labute approximate surface area is 124 Å². The van der Waals surface area contributed by atoms with Crippen molar-refractivity contribution in [1.82, 2.24) is 15.3 Å². The number of nitrogens with zero attached hydrogens (tertiary/aromatic N) is 2. The third-order valence-corrected chi connectivity index (χ3v) is 3.73. The van der Waals surface area contributed by atoms with Crippen molar-refractivity contribution in [2.75, 3.05) is 6.61 Å². The first-order valence-electron chi connectivity index (χ1n) is 7.14. The lowest BCUT2D eigenvalue weighted by atomic mass is 10.0. The number of pyridine rings is 2. The first-order chi connectivity index (χ1) is 10.2. The summed E-state index contributed by atoms with van der Waals surface area (Å²) in [6.45, 7) is 3.17. The summed E-state index contributed by atoms with van der Waals surface area (Å²) in [4.78, 5) is 8.51. The van der Waals surface area contributed by atoms with Crippen LogP contribution in [0.1, 0.15) is 29.5 Å². The molecule has 0 aliphatic carbocycles. The summed E-state index contributed by atoms with van der Waals surface area (Å²) in [5.74, 6) is 0.227. The minimum atomic E-state index is 0.00523. The van der Waals surface area contributed by atoms with Crippen molar-refractivity contribution in [2.45, 2.75) is 32.0 Å². The molecule has 0 unspecified atom stereocenters. The Bertz CT molecular complexity index is 604. The van der Waals surface area contributed by atoms with Gasteiger partial charge in [0.2, 0.25) is 0 Å². The van der Waals surface area contributed by atoms with Gasteiger partial charge in [0.15, 0.2) is 0 Å². The van der Waals surface area contributed by atoms with Gasteiger partial charge in [-0.25, -0.2) is 0 Å². The first kappa shape index (κ1) is 14.0. The first-order valence-corrected chi connectivity index (χ1v) is 7.14. The lowest BCUT2D eigenvalue weighted by molar-refractivity contribution is 0.0981. The molecular formula is C16H19N3O2. The van der Waals surface area contributed by atoms with Crippen molar-refractivity contribution >= 4 is 0 Å². The van der Waals surface area contributed by atoms with Gasteiger partial charge in [-0.05, 0) is 31.5 Å². The zero-order valence-corrected chi connectivity index (χ0v) is 12.0. The summed E-state index contributed by atoms with van der Waals surface area (Å²) in [7, 11) is 0. The molecule has 0 radical (unpaired) electrons. The number of hydrogen-bond acceptors (Lipinski definition) is 5. The monoisotopic (exact) mass is 285 g/mol. The molecule has 5 heteroatoms. The summed E-state index contributed by atoms with van der Waals surface area (Å²) in [6.07, 6.45) is 4.54. The molecule has 3 rings (SSSR count). The minimum absolute atomic E-state index is 0.00523. The maximum atomic E-state index is 9.85. The van der Waals surface area contributed by atoms with E-state index in [4.69, 9.17) is 4.74 Å². The van der Waals surface area contributed by atoms with E-state index in [-0.39, 0.29) is 17.9 Å². The number of aromatic hydroxyl groups is 1. The van der Waals surface area contributed by atoms with Gasteiger partial charge in [-0.1, -0.05) is 6.07 Å². The van der Waals surface area contributed by atoms with Gasteiger partial charge < -0.3 is 15.2 Å². The number of nitrogens with one attached hydrogen (secondary N) is 1. The molecule has 0 spiro atoms. The van der Waals surface area contributed by atoms with Crippen LogP contribution in [-0.2, 0) is 11.3 Å². The van der Waals surface area contributed by atoms with E-state index in [0.29, 0.717) is 12.2 Å². The Kier molecular flexibility index (Phi) is 4.13. The molecule has 0 aromatic carbocycles. The second kappa shape index (κ2) is 6.20. The predicted octanol–water partition coefficient (Wildman–Crippen LogP) is 2.11. The van der Waals surface area contributed by atoms with Gasteiger partial charge in [0.25, 0.3) is 0 Å². The van der Waals surface area contributed by atoms with Gasteiger partial charge in [0.1, 0.15) is 5.75 Å². The Morgan fingerprint density at radius 3 is 3.10 bits per heavy atom. The predicted molar refractivity (Wildman–Crippen MR) is 78.8 cm³/mol. The second-order valence-corrected chi connectivity index (χ2v) is 5.27. The van der Waals surface area contributed by atoms with E-state index in [1.807, 2.05) is 25.3 Å². The summed E-state index contributed by atoms with van der Waals surface area (Å²) < 4.78 is 5.81. The van der Waals surface area contributed by atoms with Crippen LogP contribution in [0.5, 0.6) is 5.75 Å². The maximum absolute atomic E-state index is 9.85. The fraction of sp³-hybridized carbons (Fsp3) is 0.375. The molecule has 5 nitrogen and oxygen atoms in total. The lowest BCUT2D eigenvalue weighted by Gasteiger charge is -2.20. The number of hydrogen-bond donors (Lipinski definition) is 2. The Morgan fingerprint density at radius 2 is 2.29 bits per heavy atom. The zero-order chi connectivity index (χ0) is 14.7. The van der Waals surface area contributed by atoms with Gasteiger partial charge in [-0.2, -0.15) is 0 Å². The van der Waals surface area contributed by atoms with Crippen LogP contribution < -0.4 is 5.32 Å². The zero-order valence-electron chi connectivity index (χ0n) is 12.0. The van der Waals surface area contributed by atoms with Gasteiger partial charge in [-0.3, -0.25) is 9.97 Å². The number of aryl methyl sites for hydroxylation is 1. The van der Waals surface area contributed by atoms with Crippen LogP contribution >= 0.6 is 0 Å². The van der Waals surface area contributed by atoms with Crippen LogP contribution in [-0.4, -0.2) is 27.7 Å². The van der Waals surface area contributed by atoms with Crippen LogP contribution in [0.3, 0.4) is 0 Å². The number of rotatable bonds is 4. The fourth-order valence-electron chi connectivity index (χ4n) is 2.63. The Hall–Kier alpha value is -1.98. The minimum Gasteiger partial charge on any atom is -0.506 e. The van der Waals surface area contributed by atoms with Crippen molar-refractivity contribution < 1.29 is 9.84 Å². The average molecular weight is 285 g/mol. The largest absolute Gasteiger partial charge is 0.506 e. The van der Waals surface area contributed by atoms with Crippen LogP contribution in [0.15, 0.2) is 36.7 Å². The topological polar surface area (TPSA) is 67.3 Å². The summed E-state index contributed by atoms with van der Waals surface area (Å²) in [5, 5.41) is 13.3. The third-order valence-electron chi connectivity index (χ3n) is 3.73. The number of ether oxygens (including phenoxy) is 1. The highest BCUT2D eigenvalue weighted by Gasteiger charge is 2.29. The van der Waals surface area contributed by atoms with Gasteiger partial charge in [-0.15, -0.1) is 0 Å². The molecule has 2 atom stereocenters. The van der Waals surface area contributed by atoms with E-state index in [9.17, 15) is 5.11 Å². The van der Waals surface area contributed by atoms with E-state index in [1.165, 1.54) is 0 Å². The van der Waals surface area contributed by atoms with Crippen LogP contribution in [0, 0.1) is 6.92 Å². The molecule has 1 fully saturated rings. The smallest absolute Gasteiger partial charge is 0.138 e. The highest BCUT2D eigenvalue weighted by molar-refractivity contribution is 5.27. The van der Waals surface area contributed by atoms with E-state index in [0.717, 1.165) is 24.3 Å². The van der Waals surface area contributed by atoms with E-state index in [2.05, 4.69) is 15.3 Å². The fourth-order valence-corrected chi connectivity index (χ4v) is 2.63. The SMILES string of the molecule is Cc1ccc(O)c(CN[C@H]2CCO[C@@H]2c2cccnc2)n1.